The number of benzene rings is 2. The first-order valence-electron chi connectivity index (χ1n) is 8.70. The van der Waals surface area contributed by atoms with Crippen molar-refractivity contribution in [3.8, 4) is 11.5 Å². The van der Waals surface area contributed by atoms with E-state index in [1.54, 1.807) is 18.2 Å². The molecule has 0 N–H and O–H groups in total. The lowest BCUT2D eigenvalue weighted by Gasteiger charge is -2.11. The van der Waals surface area contributed by atoms with Crippen LogP contribution in [-0.2, 0) is 9.53 Å². The number of carbonyl (C=O) groups excluding carboxylic acids is 1. The molecule has 2 aromatic carbocycles. The van der Waals surface area contributed by atoms with Crippen molar-refractivity contribution in [3.63, 3.8) is 0 Å². The Kier molecular flexibility index (Phi) is 6.17. The Morgan fingerprint density at radius 1 is 1.30 bits per heavy atom. The molecule has 1 aliphatic rings. The topological polar surface area (TPSA) is 100 Å². The minimum atomic E-state index is -0.678. The Bertz CT molecular complexity index is 1110. The Hall–Kier alpha value is -3.65. The number of methoxy groups -OCH3 is 1. The number of nitro benzene ring substituents is 1. The smallest absolute Gasteiger partial charge is 0.363 e. The molecular weight excluding hydrogens is 412 g/mol. The Morgan fingerprint density at radius 2 is 2.07 bits per heavy atom. The molecule has 1 heterocycles. The minimum Gasteiger partial charge on any atom is -0.493 e. The van der Waals surface area contributed by atoms with E-state index in [9.17, 15) is 14.9 Å². The fraction of sp³-hybridized carbons (Fsp3) is 0.143. The van der Waals surface area contributed by atoms with Crippen LogP contribution < -0.4 is 9.47 Å². The van der Waals surface area contributed by atoms with Crippen LogP contribution in [0.5, 0.6) is 11.5 Å². The van der Waals surface area contributed by atoms with Crippen LogP contribution in [0.15, 0.2) is 59.2 Å². The number of ether oxygens (including phenoxy) is 3. The zero-order valence-corrected chi connectivity index (χ0v) is 16.9. The second-order valence-corrected chi connectivity index (χ2v) is 6.82. The standard InChI is InChI=1S/C21H17ClN2O6/c1-12(2)11-29-19-9-13(4-7-18(19)28-3)8-16-21(25)30-20(23-16)14-5-6-15(22)17(10-14)24(26)27/h4-10H,1,11H2,2-3H3. The van der Waals surface area contributed by atoms with Crippen LogP contribution in [0.25, 0.3) is 6.08 Å². The average molecular weight is 429 g/mol. The molecule has 0 bridgehead atoms. The fourth-order valence-electron chi connectivity index (χ4n) is 2.57. The maximum Gasteiger partial charge on any atom is 0.363 e. The summed E-state index contributed by atoms with van der Waals surface area (Å²) in [4.78, 5) is 26.9. The van der Waals surface area contributed by atoms with E-state index in [1.165, 1.54) is 31.4 Å². The molecule has 0 amide bonds. The number of rotatable bonds is 7. The number of nitro groups is 1. The van der Waals surface area contributed by atoms with Gasteiger partial charge in [0.15, 0.2) is 17.2 Å². The van der Waals surface area contributed by atoms with Crippen molar-refractivity contribution in [1.29, 1.82) is 0 Å². The summed E-state index contributed by atoms with van der Waals surface area (Å²) in [6, 6.07) is 9.17. The van der Waals surface area contributed by atoms with Gasteiger partial charge in [-0.25, -0.2) is 9.79 Å². The third kappa shape index (κ3) is 4.66. The van der Waals surface area contributed by atoms with Crippen LogP contribution in [0.1, 0.15) is 18.1 Å². The largest absolute Gasteiger partial charge is 0.493 e. The second-order valence-electron chi connectivity index (χ2n) is 6.42. The SMILES string of the molecule is C=C(C)COc1cc(C=C2N=C(c3ccc(Cl)c([N+](=O)[O-])c3)OC2=O)ccc1OC. The first-order chi connectivity index (χ1) is 14.3. The van der Waals surface area contributed by atoms with Crippen molar-refractivity contribution in [2.75, 3.05) is 13.7 Å². The molecular formula is C21H17ClN2O6. The lowest BCUT2D eigenvalue weighted by atomic mass is 10.1. The van der Waals surface area contributed by atoms with E-state index in [0.29, 0.717) is 23.7 Å². The van der Waals surface area contributed by atoms with E-state index < -0.39 is 10.9 Å². The van der Waals surface area contributed by atoms with Crippen molar-refractivity contribution in [2.24, 2.45) is 4.99 Å². The van der Waals surface area contributed by atoms with Gasteiger partial charge in [-0.3, -0.25) is 10.1 Å². The van der Waals surface area contributed by atoms with Gasteiger partial charge in [-0.2, -0.15) is 0 Å². The van der Waals surface area contributed by atoms with E-state index >= 15 is 0 Å². The van der Waals surface area contributed by atoms with Crippen LogP contribution in [0.4, 0.5) is 5.69 Å². The van der Waals surface area contributed by atoms with Crippen LogP contribution >= 0.6 is 11.6 Å². The van der Waals surface area contributed by atoms with Crippen LogP contribution in [0.3, 0.4) is 0 Å². The highest BCUT2D eigenvalue weighted by atomic mass is 35.5. The Morgan fingerprint density at radius 3 is 2.73 bits per heavy atom. The molecule has 8 nitrogen and oxygen atoms in total. The summed E-state index contributed by atoms with van der Waals surface area (Å²) >= 11 is 5.82. The first-order valence-corrected chi connectivity index (χ1v) is 9.08. The monoisotopic (exact) mass is 428 g/mol. The summed E-state index contributed by atoms with van der Waals surface area (Å²) < 4.78 is 16.1. The predicted molar refractivity (Wildman–Crippen MR) is 112 cm³/mol. The molecule has 0 unspecified atom stereocenters. The zero-order valence-electron chi connectivity index (χ0n) is 16.2. The molecule has 0 atom stereocenters. The van der Waals surface area contributed by atoms with E-state index in [4.69, 9.17) is 25.8 Å². The molecule has 30 heavy (non-hydrogen) atoms. The van der Waals surface area contributed by atoms with Crippen molar-refractivity contribution in [2.45, 2.75) is 6.92 Å². The molecule has 0 radical (unpaired) electrons. The number of halogens is 1. The molecule has 9 heteroatoms. The number of aliphatic imine (C=N–C) groups is 1. The lowest BCUT2D eigenvalue weighted by Crippen LogP contribution is -2.06. The van der Waals surface area contributed by atoms with Crippen molar-refractivity contribution >= 4 is 35.2 Å². The summed E-state index contributed by atoms with van der Waals surface area (Å²) in [6.07, 6.45) is 1.52. The van der Waals surface area contributed by atoms with Crippen LogP contribution in [-0.4, -0.2) is 30.5 Å². The minimum absolute atomic E-state index is 0.0232. The highest BCUT2D eigenvalue weighted by Gasteiger charge is 2.26. The summed E-state index contributed by atoms with van der Waals surface area (Å²) in [5, 5.41) is 11.0. The average Bonchev–Trinajstić information content (AvgIpc) is 3.07. The lowest BCUT2D eigenvalue weighted by molar-refractivity contribution is -0.384. The van der Waals surface area contributed by atoms with Gasteiger partial charge in [-0.1, -0.05) is 24.2 Å². The summed E-state index contributed by atoms with van der Waals surface area (Å²) in [6.45, 7) is 5.95. The number of carbonyl (C=O) groups is 1. The molecule has 0 saturated heterocycles. The van der Waals surface area contributed by atoms with Crippen molar-refractivity contribution < 1.29 is 23.9 Å². The van der Waals surface area contributed by atoms with Gasteiger partial charge in [-0.05, 0) is 48.4 Å². The van der Waals surface area contributed by atoms with Gasteiger partial charge < -0.3 is 14.2 Å². The predicted octanol–water partition coefficient (Wildman–Crippen LogP) is 4.56. The normalized spacial score (nSPS) is 14.3. The zero-order chi connectivity index (χ0) is 21.8. The van der Waals surface area contributed by atoms with E-state index in [1.807, 2.05) is 6.92 Å². The van der Waals surface area contributed by atoms with E-state index in [-0.39, 0.29) is 27.9 Å². The number of nitrogens with zero attached hydrogens (tertiary/aromatic N) is 2. The summed E-state index contributed by atoms with van der Waals surface area (Å²) in [5.74, 6) is 0.296. The molecule has 0 aliphatic carbocycles. The van der Waals surface area contributed by atoms with Gasteiger partial charge in [0.25, 0.3) is 5.69 Å². The first kappa shape index (κ1) is 21.1. The molecule has 1 aliphatic heterocycles. The van der Waals surface area contributed by atoms with Crippen molar-refractivity contribution in [1.82, 2.24) is 0 Å². The summed E-state index contributed by atoms with van der Waals surface area (Å²) in [7, 11) is 1.53. The maximum absolute atomic E-state index is 12.2. The van der Waals surface area contributed by atoms with Gasteiger partial charge in [0.05, 0.1) is 12.0 Å². The molecule has 0 aromatic heterocycles. The van der Waals surface area contributed by atoms with Crippen molar-refractivity contribution in [3.05, 3.63) is 80.5 Å². The van der Waals surface area contributed by atoms with Gasteiger partial charge in [0, 0.05) is 11.6 Å². The number of esters is 1. The van der Waals surface area contributed by atoms with Crippen LogP contribution in [0, 0.1) is 10.1 Å². The molecule has 0 fully saturated rings. The van der Waals surface area contributed by atoms with E-state index in [0.717, 1.165) is 5.57 Å². The Labute approximate surface area is 177 Å². The third-order valence-corrected chi connectivity index (χ3v) is 4.30. The molecule has 0 spiro atoms. The number of hydrogen-bond acceptors (Lipinski definition) is 7. The van der Waals surface area contributed by atoms with Gasteiger partial charge in [-0.15, -0.1) is 0 Å². The fourth-order valence-corrected chi connectivity index (χ4v) is 2.76. The molecule has 154 valence electrons. The third-order valence-electron chi connectivity index (χ3n) is 3.98. The highest BCUT2D eigenvalue weighted by Crippen LogP contribution is 2.31. The molecule has 0 saturated carbocycles. The van der Waals surface area contributed by atoms with Gasteiger partial charge in [0.1, 0.15) is 11.6 Å². The van der Waals surface area contributed by atoms with Gasteiger partial charge in [0.2, 0.25) is 5.90 Å². The second kappa shape index (κ2) is 8.79. The summed E-state index contributed by atoms with van der Waals surface area (Å²) in [5.41, 5.74) is 1.47. The Balaban J connectivity index is 1.92. The number of cyclic esters (lactones) is 1. The highest BCUT2D eigenvalue weighted by molar-refractivity contribution is 6.32. The molecule has 3 rings (SSSR count). The number of hydrogen-bond donors (Lipinski definition) is 0. The van der Waals surface area contributed by atoms with Crippen LogP contribution in [0.2, 0.25) is 5.02 Å². The molecule has 2 aromatic rings. The quantitative estimate of drug-likeness (QED) is 0.211. The van der Waals surface area contributed by atoms with E-state index in [2.05, 4.69) is 11.6 Å². The van der Waals surface area contributed by atoms with Gasteiger partial charge >= 0.3 is 5.97 Å². The maximum atomic E-state index is 12.2.